The number of phenols is 1. The third-order valence-corrected chi connectivity index (χ3v) is 2.81. The predicted octanol–water partition coefficient (Wildman–Crippen LogP) is -1.50. The molecule has 1 heterocycles. The Morgan fingerprint density at radius 2 is 1.87 bits per heavy atom. The largest absolute Gasteiger partial charge is 1.00 e. The lowest BCUT2D eigenvalue weighted by Crippen LogP contribution is -3.00. The number of pyridine rings is 1. The van der Waals surface area contributed by atoms with Gasteiger partial charge in [0.1, 0.15) is 5.75 Å². The van der Waals surface area contributed by atoms with E-state index in [0.717, 1.165) is 0 Å². The summed E-state index contributed by atoms with van der Waals surface area (Å²) in [6, 6.07) is 9.85. The average Bonchev–Trinajstić information content (AvgIpc) is 2.51. The first-order valence-corrected chi connectivity index (χ1v) is 6.50. The van der Waals surface area contributed by atoms with Gasteiger partial charge in [-0.3, -0.25) is 10.1 Å². The Kier molecular flexibility index (Phi) is 6.82. The van der Waals surface area contributed by atoms with Crippen LogP contribution in [0.5, 0.6) is 5.75 Å². The van der Waals surface area contributed by atoms with Gasteiger partial charge in [-0.2, -0.15) is 4.57 Å². The van der Waals surface area contributed by atoms with E-state index in [-0.39, 0.29) is 36.3 Å². The number of hydrogen-bond donors (Lipinski definition) is 3. The number of carbonyl (C=O) groups is 2. The molecule has 0 aliphatic carbocycles. The molecule has 2 aromatic rings. The van der Waals surface area contributed by atoms with Crippen molar-refractivity contribution in [2.75, 3.05) is 17.7 Å². The summed E-state index contributed by atoms with van der Waals surface area (Å²) in [5.41, 5.74) is 0.622. The van der Waals surface area contributed by atoms with Crippen molar-refractivity contribution in [2.45, 2.75) is 6.54 Å². The summed E-state index contributed by atoms with van der Waals surface area (Å²) in [5.74, 6) is -0.430. The Balaban J connectivity index is 0.00000264. The van der Waals surface area contributed by atoms with Gasteiger partial charge in [-0.25, -0.2) is 4.79 Å². The minimum atomic E-state index is -0.642. The first kappa shape index (κ1) is 18.2. The maximum Gasteiger partial charge on any atom is 0.411 e. The van der Waals surface area contributed by atoms with Gasteiger partial charge in [0, 0.05) is 23.9 Å². The van der Waals surface area contributed by atoms with Crippen molar-refractivity contribution in [3.8, 4) is 5.75 Å². The maximum atomic E-state index is 11.9. The Hall–Kier alpha value is -2.80. The van der Waals surface area contributed by atoms with Gasteiger partial charge in [-0.05, 0) is 12.1 Å². The molecule has 2 rings (SSSR count). The summed E-state index contributed by atoms with van der Waals surface area (Å²) in [6.07, 6.45) is 2.89. The summed E-state index contributed by atoms with van der Waals surface area (Å²) in [5, 5.41) is 14.9. The number of aromatic hydroxyl groups is 1. The van der Waals surface area contributed by atoms with Gasteiger partial charge >= 0.3 is 6.09 Å². The highest BCUT2D eigenvalue weighted by atomic mass is 35.5. The number of hydrogen-bond acceptors (Lipinski definition) is 4. The van der Waals surface area contributed by atoms with Crippen LogP contribution in [0, 0.1) is 0 Å². The number of anilines is 2. The van der Waals surface area contributed by atoms with Crippen LogP contribution in [0.1, 0.15) is 0 Å². The average molecular weight is 338 g/mol. The molecular weight excluding hydrogens is 322 g/mol. The van der Waals surface area contributed by atoms with Crippen LogP contribution in [0.3, 0.4) is 0 Å². The van der Waals surface area contributed by atoms with Crippen LogP contribution in [0.25, 0.3) is 0 Å². The highest BCUT2D eigenvalue weighted by Gasteiger charge is 2.12. The van der Waals surface area contributed by atoms with Crippen LogP contribution in [0.4, 0.5) is 16.2 Å². The minimum Gasteiger partial charge on any atom is -1.00 e. The smallest absolute Gasteiger partial charge is 0.411 e. The molecule has 1 aromatic carbocycles. The lowest BCUT2D eigenvalue weighted by molar-refractivity contribution is -0.684. The van der Waals surface area contributed by atoms with E-state index < -0.39 is 6.09 Å². The molecule has 0 unspecified atom stereocenters. The van der Waals surface area contributed by atoms with Crippen LogP contribution in [0.15, 0.2) is 48.8 Å². The van der Waals surface area contributed by atoms with E-state index in [1.54, 1.807) is 23.0 Å². The van der Waals surface area contributed by atoms with Crippen molar-refractivity contribution in [1.82, 2.24) is 0 Å². The molecule has 0 saturated carbocycles. The van der Waals surface area contributed by atoms with Crippen LogP contribution in [-0.2, 0) is 16.1 Å². The second-order valence-electron chi connectivity index (χ2n) is 4.44. The van der Waals surface area contributed by atoms with Gasteiger partial charge in [0.05, 0.1) is 12.8 Å². The van der Waals surface area contributed by atoms with E-state index in [4.69, 9.17) is 0 Å². The van der Waals surface area contributed by atoms with E-state index in [0.29, 0.717) is 5.69 Å². The monoisotopic (exact) mass is 337 g/mol. The van der Waals surface area contributed by atoms with Crippen molar-refractivity contribution in [3.05, 3.63) is 48.8 Å². The SMILES string of the molecule is COC(=O)Nc1ccc(NC(=O)C[n+]2ccccc2)c(O)c1.[Cl-]. The summed E-state index contributed by atoms with van der Waals surface area (Å²) in [7, 11) is 1.24. The summed E-state index contributed by atoms with van der Waals surface area (Å²) >= 11 is 0. The van der Waals surface area contributed by atoms with E-state index in [9.17, 15) is 14.7 Å². The zero-order valence-electron chi connectivity index (χ0n) is 12.3. The molecule has 1 aromatic heterocycles. The van der Waals surface area contributed by atoms with E-state index >= 15 is 0 Å². The predicted molar refractivity (Wildman–Crippen MR) is 79.4 cm³/mol. The third kappa shape index (κ3) is 5.48. The fourth-order valence-electron chi connectivity index (χ4n) is 1.78. The van der Waals surface area contributed by atoms with E-state index in [1.165, 1.54) is 19.2 Å². The van der Waals surface area contributed by atoms with Gasteiger partial charge in [0.15, 0.2) is 12.4 Å². The molecule has 7 nitrogen and oxygen atoms in total. The quantitative estimate of drug-likeness (QED) is 0.468. The van der Waals surface area contributed by atoms with Crippen LogP contribution in [-0.4, -0.2) is 24.2 Å². The molecular formula is C15H16ClN3O4. The number of phenolic OH excluding ortho intramolecular Hbond substituents is 1. The standard InChI is InChI=1S/C15H15N3O4.ClH/c1-22-15(21)16-11-5-6-12(13(19)9-11)17-14(20)10-18-7-3-2-4-8-18;/h2-9H,10H2,1H3,(H2-,16,17,19,20,21);1H. The Bertz CT molecular complexity index is 680. The molecule has 0 aliphatic heterocycles. The second kappa shape index (κ2) is 8.60. The molecule has 2 amide bonds. The molecule has 0 bridgehead atoms. The summed E-state index contributed by atoms with van der Waals surface area (Å²) < 4.78 is 6.16. The number of nitrogens with one attached hydrogen (secondary N) is 2. The van der Waals surface area contributed by atoms with Crippen LogP contribution in [0.2, 0.25) is 0 Å². The van der Waals surface area contributed by atoms with Crippen LogP contribution < -0.4 is 27.6 Å². The number of ether oxygens (including phenoxy) is 1. The van der Waals surface area contributed by atoms with Crippen LogP contribution >= 0.6 is 0 Å². The molecule has 0 spiro atoms. The van der Waals surface area contributed by atoms with Crippen molar-refractivity contribution in [3.63, 3.8) is 0 Å². The highest BCUT2D eigenvalue weighted by molar-refractivity contribution is 5.92. The highest BCUT2D eigenvalue weighted by Crippen LogP contribution is 2.26. The molecule has 122 valence electrons. The van der Waals surface area contributed by atoms with Gasteiger partial charge < -0.3 is 27.6 Å². The van der Waals surface area contributed by atoms with Crippen molar-refractivity contribution < 1.29 is 36.4 Å². The zero-order valence-corrected chi connectivity index (χ0v) is 13.1. The number of benzene rings is 1. The number of halogens is 1. The molecule has 23 heavy (non-hydrogen) atoms. The van der Waals surface area contributed by atoms with Gasteiger partial charge in [-0.1, -0.05) is 6.07 Å². The molecule has 0 radical (unpaired) electrons. The number of rotatable bonds is 4. The lowest BCUT2D eigenvalue weighted by Gasteiger charge is -2.08. The van der Waals surface area contributed by atoms with Crippen molar-refractivity contribution in [2.24, 2.45) is 0 Å². The summed E-state index contributed by atoms with van der Waals surface area (Å²) in [4.78, 5) is 23.0. The topological polar surface area (TPSA) is 91.5 Å². The zero-order chi connectivity index (χ0) is 15.9. The number of nitrogens with zero attached hydrogens (tertiary/aromatic N) is 1. The molecule has 0 atom stereocenters. The first-order chi connectivity index (χ1) is 10.6. The number of carbonyl (C=O) groups excluding carboxylic acids is 2. The lowest BCUT2D eigenvalue weighted by atomic mass is 10.2. The van der Waals surface area contributed by atoms with Crippen molar-refractivity contribution in [1.29, 1.82) is 0 Å². The Labute approximate surface area is 139 Å². The molecule has 3 N–H and O–H groups in total. The van der Waals surface area contributed by atoms with Gasteiger partial charge in [0.25, 0.3) is 5.91 Å². The summed E-state index contributed by atoms with van der Waals surface area (Å²) in [6.45, 7) is 0.127. The molecule has 0 aliphatic rings. The van der Waals surface area contributed by atoms with Crippen molar-refractivity contribution >= 4 is 23.4 Å². The normalized spacial score (nSPS) is 9.43. The molecule has 0 saturated heterocycles. The van der Waals surface area contributed by atoms with Gasteiger partial charge in [-0.15, -0.1) is 0 Å². The molecule has 0 fully saturated rings. The third-order valence-electron chi connectivity index (χ3n) is 2.81. The minimum absolute atomic E-state index is 0. The number of aromatic nitrogens is 1. The maximum absolute atomic E-state index is 11.9. The number of methoxy groups -OCH3 is 1. The fourth-order valence-corrected chi connectivity index (χ4v) is 1.78. The Morgan fingerprint density at radius 1 is 1.17 bits per heavy atom. The Morgan fingerprint density at radius 3 is 2.48 bits per heavy atom. The molecule has 8 heteroatoms. The van der Waals surface area contributed by atoms with Gasteiger partial charge in [0.2, 0.25) is 6.54 Å². The number of amides is 2. The second-order valence-corrected chi connectivity index (χ2v) is 4.44. The fraction of sp³-hybridized carbons (Fsp3) is 0.133. The van der Waals surface area contributed by atoms with E-state index in [1.807, 2.05) is 18.2 Å². The van der Waals surface area contributed by atoms with E-state index in [2.05, 4.69) is 15.4 Å². The first-order valence-electron chi connectivity index (χ1n) is 6.50.